The van der Waals surface area contributed by atoms with Crippen molar-refractivity contribution in [3.8, 4) is 11.1 Å². The molecule has 2 aromatic heterocycles. The van der Waals surface area contributed by atoms with Crippen LogP contribution in [0.25, 0.3) is 22.0 Å². The van der Waals surface area contributed by atoms with Gasteiger partial charge in [-0.2, -0.15) is 5.10 Å². The Morgan fingerprint density at radius 1 is 1.12 bits per heavy atom. The number of piperidine rings is 1. The van der Waals surface area contributed by atoms with Gasteiger partial charge in [-0.25, -0.2) is 9.18 Å². The molecule has 4 aromatic rings. The summed E-state index contributed by atoms with van der Waals surface area (Å²) in [6, 6.07) is 10.4. The largest absolute Gasteiger partial charge is 0.384 e. The smallest absolute Gasteiger partial charge is 0.328 e. The van der Waals surface area contributed by atoms with Crippen LogP contribution >= 0.6 is 11.6 Å². The lowest BCUT2D eigenvalue weighted by molar-refractivity contribution is -0.128. The van der Waals surface area contributed by atoms with Crippen LogP contribution in [0.2, 0.25) is 5.02 Å². The summed E-state index contributed by atoms with van der Waals surface area (Å²) in [5.41, 5.74) is 2.77. The summed E-state index contributed by atoms with van der Waals surface area (Å²) in [6.07, 6.45) is 3.92. The van der Waals surface area contributed by atoms with Gasteiger partial charge in [0.25, 0.3) is 0 Å². The standard InChI is InChI=1S/C32H34ClFN6O3/c1-19-24(17-38(4)37-19)22-6-5-20(13-26(22)33)16-39-12-10-32(43,31(2,3)18-39)25-7-8-27-23(29(25)34)14-21(15-35-27)40-11-9-28(41)36-30(40)42/h5-8,13-15,17,43H,9-12,16,18H2,1-4H3,(H,36,41,42)/t32-/m1/s1. The van der Waals surface area contributed by atoms with Gasteiger partial charge in [0.05, 0.1) is 28.7 Å². The Bertz CT molecular complexity index is 1770. The van der Waals surface area contributed by atoms with E-state index < -0.39 is 22.9 Å². The normalized spacial score (nSPS) is 21.0. The van der Waals surface area contributed by atoms with Gasteiger partial charge in [-0.1, -0.05) is 43.6 Å². The van der Waals surface area contributed by atoms with Gasteiger partial charge in [0.2, 0.25) is 5.91 Å². The molecule has 11 heteroatoms. The Labute approximate surface area is 254 Å². The molecule has 0 saturated carbocycles. The molecule has 2 fully saturated rings. The molecule has 1 atom stereocenters. The zero-order valence-corrected chi connectivity index (χ0v) is 25.4. The van der Waals surface area contributed by atoms with E-state index in [0.717, 1.165) is 22.4 Å². The number of rotatable bonds is 5. The molecule has 6 rings (SSSR count). The number of anilines is 1. The molecular formula is C32H34ClFN6O3. The first-order chi connectivity index (χ1) is 20.4. The Morgan fingerprint density at radius 2 is 1.91 bits per heavy atom. The fourth-order valence-corrected chi connectivity index (χ4v) is 6.79. The lowest BCUT2D eigenvalue weighted by Crippen LogP contribution is -2.55. The van der Waals surface area contributed by atoms with Crippen LogP contribution in [-0.4, -0.2) is 56.3 Å². The van der Waals surface area contributed by atoms with E-state index in [4.69, 9.17) is 11.6 Å². The number of aromatic nitrogens is 3. The number of nitrogens with one attached hydrogen (secondary N) is 1. The van der Waals surface area contributed by atoms with E-state index in [9.17, 15) is 14.7 Å². The highest BCUT2D eigenvalue weighted by molar-refractivity contribution is 6.33. The summed E-state index contributed by atoms with van der Waals surface area (Å²) in [5.74, 6) is -0.906. The molecule has 3 amide bonds. The van der Waals surface area contributed by atoms with Crippen LogP contribution in [0.5, 0.6) is 0 Å². The molecule has 224 valence electrons. The number of aryl methyl sites for hydroxylation is 2. The molecule has 0 radical (unpaired) electrons. The summed E-state index contributed by atoms with van der Waals surface area (Å²) in [5, 5.41) is 19.7. The predicted molar refractivity (Wildman–Crippen MR) is 163 cm³/mol. The number of halogens is 2. The Hall–Kier alpha value is -3.86. The highest BCUT2D eigenvalue weighted by Gasteiger charge is 2.50. The van der Waals surface area contributed by atoms with Crippen molar-refractivity contribution >= 4 is 40.1 Å². The zero-order chi connectivity index (χ0) is 30.7. The van der Waals surface area contributed by atoms with Gasteiger partial charge in [-0.15, -0.1) is 0 Å². The van der Waals surface area contributed by atoms with Crippen molar-refractivity contribution < 1.29 is 19.1 Å². The fraction of sp³-hybridized carbons (Fsp3) is 0.375. The maximum atomic E-state index is 16.2. The fourth-order valence-electron chi connectivity index (χ4n) is 6.49. The number of imide groups is 1. The molecule has 0 spiro atoms. The molecule has 2 N–H and O–H groups in total. The topological polar surface area (TPSA) is 104 Å². The van der Waals surface area contributed by atoms with Gasteiger partial charge >= 0.3 is 6.03 Å². The molecule has 9 nitrogen and oxygen atoms in total. The van der Waals surface area contributed by atoms with E-state index in [1.165, 1.54) is 11.1 Å². The van der Waals surface area contributed by atoms with Crippen LogP contribution in [0.1, 0.15) is 43.5 Å². The van der Waals surface area contributed by atoms with E-state index in [-0.39, 0.29) is 29.8 Å². The minimum Gasteiger partial charge on any atom is -0.384 e. The molecule has 0 aliphatic carbocycles. The number of carbonyl (C=O) groups excluding carboxylic acids is 2. The van der Waals surface area contributed by atoms with E-state index in [2.05, 4.69) is 26.4 Å². The molecule has 0 bridgehead atoms. The van der Waals surface area contributed by atoms with Crippen molar-refractivity contribution in [1.82, 2.24) is 25.0 Å². The average Bonchev–Trinajstić information content (AvgIpc) is 3.28. The number of amides is 3. The summed E-state index contributed by atoms with van der Waals surface area (Å²) >= 11 is 6.70. The van der Waals surface area contributed by atoms with Crippen LogP contribution in [0.15, 0.2) is 48.8 Å². The van der Waals surface area contributed by atoms with Gasteiger partial charge in [-0.05, 0) is 37.1 Å². The molecule has 2 aromatic carbocycles. The van der Waals surface area contributed by atoms with E-state index in [1.54, 1.807) is 22.9 Å². The highest BCUT2D eigenvalue weighted by atomic mass is 35.5. The zero-order valence-electron chi connectivity index (χ0n) is 24.6. The summed E-state index contributed by atoms with van der Waals surface area (Å²) in [4.78, 5) is 31.9. The summed E-state index contributed by atoms with van der Waals surface area (Å²) < 4.78 is 18.0. The number of carbonyl (C=O) groups is 2. The van der Waals surface area contributed by atoms with Crippen molar-refractivity contribution in [2.45, 2.75) is 45.8 Å². The SMILES string of the molecule is Cc1nn(C)cc1-c1ccc(CN2CC[C@@](O)(c3ccc4ncc(N5CCC(=O)NC5=O)cc4c3F)C(C)(C)C2)cc1Cl. The lowest BCUT2D eigenvalue weighted by atomic mass is 9.66. The third-order valence-corrected chi connectivity index (χ3v) is 9.18. The number of urea groups is 1. The van der Waals surface area contributed by atoms with Gasteiger partial charge < -0.3 is 5.11 Å². The molecule has 2 aliphatic rings. The lowest BCUT2D eigenvalue weighted by Gasteiger charge is -2.50. The minimum atomic E-state index is -1.44. The van der Waals surface area contributed by atoms with Crippen LogP contribution < -0.4 is 10.2 Å². The van der Waals surface area contributed by atoms with E-state index in [1.807, 2.05) is 46.1 Å². The van der Waals surface area contributed by atoms with Crippen molar-refractivity contribution in [3.05, 3.63) is 76.5 Å². The first-order valence-electron chi connectivity index (χ1n) is 14.3. The van der Waals surface area contributed by atoms with Crippen LogP contribution in [0.4, 0.5) is 14.9 Å². The van der Waals surface area contributed by atoms with Crippen LogP contribution in [0.3, 0.4) is 0 Å². The van der Waals surface area contributed by atoms with Gasteiger partial charge in [0.1, 0.15) is 5.82 Å². The third-order valence-electron chi connectivity index (χ3n) is 8.87. The van der Waals surface area contributed by atoms with Crippen molar-refractivity contribution in [2.24, 2.45) is 12.5 Å². The second-order valence-electron chi connectivity index (χ2n) is 12.3. The van der Waals surface area contributed by atoms with Crippen molar-refractivity contribution in [2.75, 3.05) is 24.5 Å². The highest BCUT2D eigenvalue weighted by Crippen LogP contribution is 2.48. The van der Waals surface area contributed by atoms with Crippen LogP contribution in [0, 0.1) is 18.2 Å². The van der Waals surface area contributed by atoms with Gasteiger partial charge in [-0.3, -0.25) is 29.6 Å². The monoisotopic (exact) mass is 604 g/mol. The van der Waals surface area contributed by atoms with E-state index >= 15 is 4.39 Å². The van der Waals surface area contributed by atoms with Crippen LogP contribution in [-0.2, 0) is 24.0 Å². The maximum absolute atomic E-state index is 16.2. The average molecular weight is 605 g/mol. The second-order valence-corrected chi connectivity index (χ2v) is 12.7. The first-order valence-corrected chi connectivity index (χ1v) is 14.7. The minimum absolute atomic E-state index is 0.150. The number of likely N-dealkylation sites (tertiary alicyclic amines) is 1. The molecule has 43 heavy (non-hydrogen) atoms. The Morgan fingerprint density at radius 3 is 2.58 bits per heavy atom. The first kappa shape index (κ1) is 29.2. The molecular weight excluding hydrogens is 571 g/mol. The molecule has 2 saturated heterocycles. The molecule has 4 heterocycles. The third kappa shape index (κ3) is 5.17. The maximum Gasteiger partial charge on any atom is 0.328 e. The van der Waals surface area contributed by atoms with E-state index in [0.29, 0.717) is 42.3 Å². The number of hydrogen-bond donors (Lipinski definition) is 2. The molecule has 0 unspecified atom stereocenters. The van der Waals surface area contributed by atoms with Gasteiger partial charge in [0.15, 0.2) is 0 Å². The Balaban J connectivity index is 1.24. The van der Waals surface area contributed by atoms with Crippen molar-refractivity contribution in [1.29, 1.82) is 0 Å². The number of nitrogens with zero attached hydrogens (tertiary/aromatic N) is 5. The second kappa shape index (κ2) is 10.7. The number of hydrogen-bond acceptors (Lipinski definition) is 6. The molecule has 2 aliphatic heterocycles. The predicted octanol–water partition coefficient (Wildman–Crippen LogP) is 5.30. The quantitative estimate of drug-likeness (QED) is 0.320. The van der Waals surface area contributed by atoms with Gasteiger partial charge in [0, 0.05) is 78.4 Å². The number of benzene rings is 2. The summed E-state index contributed by atoms with van der Waals surface area (Å²) in [6.45, 7) is 7.77. The number of aliphatic hydroxyl groups is 1. The number of pyridine rings is 1. The summed E-state index contributed by atoms with van der Waals surface area (Å²) in [7, 11) is 1.88. The Kier molecular flexibility index (Phi) is 7.27. The van der Waals surface area contributed by atoms with Crippen molar-refractivity contribution in [3.63, 3.8) is 0 Å². The number of fused-ring (bicyclic) bond motifs is 1.